The maximum atomic E-state index is 11.3. The molecule has 0 aromatic heterocycles. The first-order valence-electron chi connectivity index (χ1n) is 6.24. The molecule has 2 atom stereocenters. The van der Waals surface area contributed by atoms with Crippen LogP contribution in [0.3, 0.4) is 0 Å². The van der Waals surface area contributed by atoms with Crippen molar-refractivity contribution in [2.24, 2.45) is 0 Å². The zero-order valence-corrected chi connectivity index (χ0v) is 11.4. The first kappa shape index (κ1) is 14.4. The molecule has 17 heavy (non-hydrogen) atoms. The molecule has 0 amide bonds. The van der Waals surface area contributed by atoms with Gasteiger partial charge in [0.1, 0.15) is 5.54 Å². The SMILES string of the molecule is CNC(C)(CN1CCCN(C)CC1C)C(=O)O. The highest BCUT2D eigenvalue weighted by Gasteiger charge is 2.35. The highest BCUT2D eigenvalue weighted by Crippen LogP contribution is 2.14. The van der Waals surface area contributed by atoms with E-state index in [-0.39, 0.29) is 0 Å². The van der Waals surface area contributed by atoms with Gasteiger partial charge in [-0.05, 0) is 47.5 Å². The Kier molecular flexibility index (Phi) is 4.91. The molecule has 0 aromatic rings. The minimum absolute atomic E-state index is 0.398. The number of rotatable bonds is 4. The van der Waals surface area contributed by atoms with E-state index in [9.17, 15) is 9.90 Å². The van der Waals surface area contributed by atoms with Gasteiger partial charge < -0.3 is 15.3 Å². The van der Waals surface area contributed by atoms with Gasteiger partial charge in [0, 0.05) is 19.1 Å². The molecular weight excluding hydrogens is 218 g/mol. The van der Waals surface area contributed by atoms with E-state index in [1.807, 2.05) is 0 Å². The zero-order chi connectivity index (χ0) is 13.1. The molecule has 0 bridgehead atoms. The Bertz CT molecular complexity index is 272. The van der Waals surface area contributed by atoms with E-state index in [4.69, 9.17) is 0 Å². The average Bonchev–Trinajstić information content (AvgIpc) is 2.40. The van der Waals surface area contributed by atoms with Crippen LogP contribution in [-0.4, -0.2) is 72.7 Å². The highest BCUT2D eigenvalue weighted by atomic mass is 16.4. The van der Waals surface area contributed by atoms with Gasteiger partial charge in [-0.25, -0.2) is 0 Å². The summed E-state index contributed by atoms with van der Waals surface area (Å²) in [5.74, 6) is -0.787. The van der Waals surface area contributed by atoms with E-state index in [1.165, 1.54) is 0 Å². The summed E-state index contributed by atoms with van der Waals surface area (Å²) in [6.45, 7) is 7.52. The Hall–Kier alpha value is -0.650. The number of carbonyl (C=O) groups is 1. The van der Waals surface area contributed by atoms with E-state index in [2.05, 4.69) is 29.1 Å². The van der Waals surface area contributed by atoms with Crippen LogP contribution in [0.2, 0.25) is 0 Å². The molecule has 5 nitrogen and oxygen atoms in total. The molecule has 1 aliphatic heterocycles. The van der Waals surface area contributed by atoms with Crippen molar-refractivity contribution in [1.29, 1.82) is 0 Å². The van der Waals surface area contributed by atoms with Crippen LogP contribution >= 0.6 is 0 Å². The Morgan fingerprint density at radius 3 is 2.71 bits per heavy atom. The predicted molar refractivity (Wildman–Crippen MR) is 68.2 cm³/mol. The van der Waals surface area contributed by atoms with Crippen molar-refractivity contribution in [3.05, 3.63) is 0 Å². The third-order valence-corrected chi connectivity index (χ3v) is 3.73. The molecule has 2 unspecified atom stereocenters. The van der Waals surface area contributed by atoms with Gasteiger partial charge in [0.2, 0.25) is 0 Å². The summed E-state index contributed by atoms with van der Waals surface area (Å²) in [5, 5.41) is 12.2. The van der Waals surface area contributed by atoms with Gasteiger partial charge in [-0.15, -0.1) is 0 Å². The lowest BCUT2D eigenvalue weighted by atomic mass is 10.0. The molecule has 1 aliphatic rings. The Labute approximate surface area is 104 Å². The van der Waals surface area contributed by atoms with Crippen LogP contribution in [0.1, 0.15) is 20.3 Å². The van der Waals surface area contributed by atoms with E-state index in [0.29, 0.717) is 12.6 Å². The number of carboxylic acid groups (broad SMARTS) is 1. The monoisotopic (exact) mass is 243 g/mol. The molecule has 0 aromatic carbocycles. The van der Waals surface area contributed by atoms with Gasteiger partial charge >= 0.3 is 5.97 Å². The van der Waals surface area contributed by atoms with Crippen LogP contribution in [-0.2, 0) is 4.79 Å². The molecule has 2 N–H and O–H groups in total. The third kappa shape index (κ3) is 3.66. The molecule has 0 saturated carbocycles. The molecule has 0 spiro atoms. The van der Waals surface area contributed by atoms with Crippen LogP contribution in [0.15, 0.2) is 0 Å². The first-order chi connectivity index (χ1) is 7.89. The van der Waals surface area contributed by atoms with Crippen molar-refractivity contribution in [3.8, 4) is 0 Å². The fourth-order valence-electron chi connectivity index (χ4n) is 2.32. The average molecular weight is 243 g/mol. The van der Waals surface area contributed by atoms with Gasteiger partial charge in [0.05, 0.1) is 0 Å². The van der Waals surface area contributed by atoms with E-state index >= 15 is 0 Å². The van der Waals surface area contributed by atoms with E-state index in [0.717, 1.165) is 26.1 Å². The second-order valence-corrected chi connectivity index (χ2v) is 5.32. The summed E-state index contributed by atoms with van der Waals surface area (Å²) in [7, 11) is 3.83. The standard InChI is InChI=1S/C12H25N3O2/c1-10-8-14(4)6-5-7-15(10)9-12(2,13-3)11(16)17/h10,13H,5-9H2,1-4H3,(H,16,17). The number of likely N-dealkylation sites (N-methyl/N-ethyl adjacent to an activating group) is 2. The lowest BCUT2D eigenvalue weighted by Crippen LogP contribution is -2.57. The second kappa shape index (κ2) is 5.80. The Balaban J connectivity index is 2.68. The zero-order valence-electron chi connectivity index (χ0n) is 11.4. The van der Waals surface area contributed by atoms with Gasteiger partial charge in [0.15, 0.2) is 0 Å². The summed E-state index contributed by atoms with van der Waals surface area (Å²) in [6, 6.07) is 0.398. The van der Waals surface area contributed by atoms with Crippen LogP contribution in [0.25, 0.3) is 0 Å². The van der Waals surface area contributed by atoms with Crippen molar-refractivity contribution in [1.82, 2.24) is 15.1 Å². The van der Waals surface area contributed by atoms with Crippen LogP contribution < -0.4 is 5.32 Å². The van der Waals surface area contributed by atoms with Crippen LogP contribution in [0.5, 0.6) is 0 Å². The summed E-state index contributed by atoms with van der Waals surface area (Å²) >= 11 is 0. The highest BCUT2D eigenvalue weighted by molar-refractivity contribution is 5.78. The van der Waals surface area contributed by atoms with E-state index in [1.54, 1.807) is 14.0 Å². The van der Waals surface area contributed by atoms with Crippen molar-refractivity contribution in [2.75, 3.05) is 40.3 Å². The van der Waals surface area contributed by atoms with E-state index < -0.39 is 11.5 Å². The van der Waals surface area contributed by atoms with Gasteiger partial charge in [-0.3, -0.25) is 9.69 Å². The number of carboxylic acids is 1. The van der Waals surface area contributed by atoms with Crippen molar-refractivity contribution in [2.45, 2.75) is 31.8 Å². The fraction of sp³-hybridized carbons (Fsp3) is 0.917. The lowest BCUT2D eigenvalue weighted by molar-refractivity contribution is -0.145. The van der Waals surface area contributed by atoms with Crippen LogP contribution in [0.4, 0.5) is 0 Å². The molecule has 100 valence electrons. The summed E-state index contributed by atoms with van der Waals surface area (Å²) in [5.41, 5.74) is -0.864. The maximum absolute atomic E-state index is 11.3. The molecule has 1 fully saturated rings. The third-order valence-electron chi connectivity index (χ3n) is 3.73. The smallest absolute Gasteiger partial charge is 0.324 e. The quantitative estimate of drug-likeness (QED) is 0.732. The number of aliphatic carboxylic acids is 1. The molecule has 0 radical (unpaired) electrons. The minimum atomic E-state index is -0.864. The van der Waals surface area contributed by atoms with Gasteiger partial charge in [-0.2, -0.15) is 0 Å². The maximum Gasteiger partial charge on any atom is 0.324 e. The Morgan fingerprint density at radius 1 is 1.53 bits per heavy atom. The number of hydrogen-bond acceptors (Lipinski definition) is 4. The summed E-state index contributed by atoms with van der Waals surface area (Å²) in [4.78, 5) is 15.9. The predicted octanol–water partition coefficient (Wildman–Crippen LogP) is 0.0751. The number of nitrogens with one attached hydrogen (secondary N) is 1. The number of nitrogens with zero attached hydrogens (tertiary/aromatic N) is 2. The Morgan fingerprint density at radius 2 is 2.18 bits per heavy atom. The lowest BCUT2D eigenvalue weighted by Gasteiger charge is -2.35. The molecule has 5 heteroatoms. The first-order valence-corrected chi connectivity index (χ1v) is 6.24. The van der Waals surface area contributed by atoms with Crippen LogP contribution in [0, 0.1) is 0 Å². The van der Waals surface area contributed by atoms with Gasteiger partial charge in [0.25, 0.3) is 0 Å². The summed E-state index contributed by atoms with van der Waals surface area (Å²) < 4.78 is 0. The van der Waals surface area contributed by atoms with Crippen molar-refractivity contribution < 1.29 is 9.90 Å². The molecule has 0 aliphatic carbocycles. The minimum Gasteiger partial charge on any atom is -0.480 e. The molecule has 1 heterocycles. The summed E-state index contributed by atoms with van der Waals surface area (Å²) in [6.07, 6.45) is 1.10. The van der Waals surface area contributed by atoms with Gasteiger partial charge in [-0.1, -0.05) is 0 Å². The molecule has 1 saturated heterocycles. The second-order valence-electron chi connectivity index (χ2n) is 5.32. The molecular formula is C12H25N3O2. The van der Waals surface area contributed by atoms with Crippen molar-refractivity contribution >= 4 is 5.97 Å². The fourth-order valence-corrected chi connectivity index (χ4v) is 2.32. The van der Waals surface area contributed by atoms with Crippen molar-refractivity contribution in [3.63, 3.8) is 0 Å². The number of hydrogen-bond donors (Lipinski definition) is 2. The molecule has 1 rings (SSSR count). The largest absolute Gasteiger partial charge is 0.480 e. The topological polar surface area (TPSA) is 55.8 Å². The normalized spacial score (nSPS) is 27.4.